The van der Waals surface area contributed by atoms with E-state index in [2.05, 4.69) is 42.7 Å². The fourth-order valence-corrected chi connectivity index (χ4v) is 3.31. The third-order valence-corrected chi connectivity index (χ3v) is 3.95. The van der Waals surface area contributed by atoms with Crippen molar-refractivity contribution in [1.29, 1.82) is 0 Å². The number of allylic oxidation sites excluding steroid dienone is 2. The van der Waals surface area contributed by atoms with Gasteiger partial charge in [-0.15, -0.1) is 0 Å². The van der Waals surface area contributed by atoms with Gasteiger partial charge in [0.2, 0.25) is 0 Å². The molecule has 0 amide bonds. The van der Waals surface area contributed by atoms with Gasteiger partial charge < -0.3 is 4.57 Å². The molecule has 3 heterocycles. The predicted molar refractivity (Wildman–Crippen MR) is 69.5 cm³/mol. The molecule has 1 heteroatoms. The molecule has 0 radical (unpaired) electrons. The zero-order valence-electron chi connectivity index (χ0n) is 10.2. The van der Waals surface area contributed by atoms with Crippen molar-refractivity contribution < 1.29 is 0 Å². The van der Waals surface area contributed by atoms with Crippen LogP contribution in [-0.2, 0) is 12.8 Å². The Morgan fingerprint density at radius 2 is 2.38 bits per heavy atom. The average molecular weight is 213 g/mol. The summed E-state index contributed by atoms with van der Waals surface area (Å²) in [6, 6.07) is 0.749. The smallest absolute Gasteiger partial charge is 0.0447 e. The number of aromatic nitrogens is 1. The number of rotatable bonds is 2. The Morgan fingerprint density at radius 1 is 1.50 bits per heavy atom. The molecule has 0 saturated heterocycles. The second-order valence-corrected chi connectivity index (χ2v) is 4.78. The maximum Gasteiger partial charge on any atom is 0.0447 e. The molecule has 0 aliphatic carbocycles. The largest absolute Gasteiger partial charge is 0.341 e. The molecule has 1 atom stereocenters. The minimum atomic E-state index is 0.749. The molecule has 2 aliphatic heterocycles. The molecule has 0 saturated carbocycles. The van der Waals surface area contributed by atoms with E-state index in [9.17, 15) is 0 Å². The van der Waals surface area contributed by atoms with Crippen LogP contribution in [0.5, 0.6) is 0 Å². The predicted octanol–water partition coefficient (Wildman–Crippen LogP) is 3.99. The zero-order valence-corrected chi connectivity index (χ0v) is 10.2. The second-order valence-electron chi connectivity index (χ2n) is 4.78. The summed E-state index contributed by atoms with van der Waals surface area (Å²) in [7, 11) is 0. The van der Waals surface area contributed by atoms with E-state index in [0.29, 0.717) is 0 Å². The average Bonchev–Trinajstić information content (AvgIpc) is 2.85. The molecule has 0 unspecified atom stereocenters. The van der Waals surface area contributed by atoms with E-state index in [1.54, 1.807) is 11.3 Å². The summed E-state index contributed by atoms with van der Waals surface area (Å²) < 4.78 is 2.61. The van der Waals surface area contributed by atoms with Crippen LogP contribution in [0.2, 0.25) is 0 Å². The first kappa shape index (κ1) is 9.95. The Kier molecular flexibility index (Phi) is 2.27. The molecule has 0 spiro atoms. The number of hydrogen-bond donors (Lipinski definition) is 0. The number of hydrogen-bond acceptors (Lipinski definition) is 0. The van der Waals surface area contributed by atoms with Crippen LogP contribution < -0.4 is 0 Å². The molecule has 1 nitrogen and oxygen atoms in total. The van der Waals surface area contributed by atoms with Gasteiger partial charge in [-0.3, -0.25) is 0 Å². The van der Waals surface area contributed by atoms with Gasteiger partial charge >= 0.3 is 0 Å². The third-order valence-electron chi connectivity index (χ3n) is 3.95. The van der Waals surface area contributed by atoms with Gasteiger partial charge in [0, 0.05) is 17.4 Å². The van der Waals surface area contributed by atoms with Crippen molar-refractivity contribution >= 4 is 12.2 Å². The molecule has 84 valence electrons. The molecular weight excluding hydrogens is 194 g/mol. The van der Waals surface area contributed by atoms with Gasteiger partial charge in [0.1, 0.15) is 0 Å². The van der Waals surface area contributed by atoms with Gasteiger partial charge in [-0.25, -0.2) is 0 Å². The molecule has 1 aromatic heterocycles. The highest BCUT2D eigenvalue weighted by Crippen LogP contribution is 2.41. The van der Waals surface area contributed by atoms with E-state index in [-0.39, 0.29) is 0 Å². The van der Waals surface area contributed by atoms with E-state index in [0.717, 1.165) is 12.5 Å². The fourth-order valence-electron chi connectivity index (χ4n) is 3.31. The maximum absolute atomic E-state index is 2.61. The molecule has 0 N–H and O–H groups in total. The Labute approximate surface area is 97.5 Å². The first-order valence-electron chi connectivity index (χ1n) is 6.42. The SMILES string of the molecule is C/C=C/c1c(CC)c2n3c1CC[C@H]3CC=C2. The van der Waals surface area contributed by atoms with Crippen LogP contribution in [0.15, 0.2) is 12.2 Å². The molecular formula is C15H19N. The quantitative estimate of drug-likeness (QED) is 0.700. The number of nitrogens with zero attached hydrogens (tertiary/aromatic N) is 1. The molecule has 0 bridgehead atoms. The van der Waals surface area contributed by atoms with Crippen molar-refractivity contribution in [1.82, 2.24) is 4.57 Å². The lowest BCUT2D eigenvalue weighted by Crippen LogP contribution is -2.08. The van der Waals surface area contributed by atoms with E-state index >= 15 is 0 Å². The second kappa shape index (κ2) is 3.65. The summed E-state index contributed by atoms with van der Waals surface area (Å²) in [4.78, 5) is 0. The Morgan fingerprint density at radius 3 is 3.12 bits per heavy atom. The summed E-state index contributed by atoms with van der Waals surface area (Å²) >= 11 is 0. The van der Waals surface area contributed by atoms with Crippen molar-refractivity contribution in [3.63, 3.8) is 0 Å². The molecule has 2 aliphatic rings. The Hall–Kier alpha value is -1.24. The van der Waals surface area contributed by atoms with Crippen LogP contribution in [0, 0.1) is 0 Å². The van der Waals surface area contributed by atoms with Gasteiger partial charge in [0.15, 0.2) is 0 Å². The van der Waals surface area contributed by atoms with Crippen molar-refractivity contribution in [2.24, 2.45) is 0 Å². The molecule has 16 heavy (non-hydrogen) atoms. The normalized spacial score (nSPS) is 22.0. The summed E-state index contributed by atoms with van der Waals surface area (Å²) in [5.74, 6) is 0. The highest BCUT2D eigenvalue weighted by Gasteiger charge is 2.30. The lowest BCUT2D eigenvalue weighted by molar-refractivity contribution is 0.524. The van der Waals surface area contributed by atoms with Crippen LogP contribution in [0.1, 0.15) is 55.2 Å². The van der Waals surface area contributed by atoms with Crippen molar-refractivity contribution in [2.75, 3.05) is 0 Å². The van der Waals surface area contributed by atoms with Crippen molar-refractivity contribution in [2.45, 2.75) is 45.6 Å². The molecule has 1 aromatic rings. The Bertz CT molecular complexity index is 474. The van der Waals surface area contributed by atoms with Gasteiger partial charge in [0.25, 0.3) is 0 Å². The van der Waals surface area contributed by atoms with Crippen molar-refractivity contribution in [3.8, 4) is 0 Å². The lowest BCUT2D eigenvalue weighted by atomic mass is 9.99. The van der Waals surface area contributed by atoms with Crippen LogP contribution in [0.3, 0.4) is 0 Å². The summed E-state index contributed by atoms with van der Waals surface area (Å²) in [6.07, 6.45) is 14.1. The van der Waals surface area contributed by atoms with E-state index in [1.807, 2.05) is 0 Å². The zero-order chi connectivity index (χ0) is 11.1. The topological polar surface area (TPSA) is 4.93 Å². The molecule has 0 fully saturated rings. The van der Waals surface area contributed by atoms with E-state index < -0.39 is 0 Å². The highest BCUT2D eigenvalue weighted by atomic mass is 15.1. The highest BCUT2D eigenvalue weighted by molar-refractivity contribution is 5.67. The summed E-state index contributed by atoms with van der Waals surface area (Å²) in [5, 5.41) is 0. The van der Waals surface area contributed by atoms with E-state index in [1.165, 1.54) is 30.5 Å². The fraction of sp³-hybridized carbons (Fsp3) is 0.467. The molecule has 3 rings (SSSR count). The Balaban J connectivity index is 2.27. The van der Waals surface area contributed by atoms with Crippen LogP contribution in [-0.4, -0.2) is 4.57 Å². The van der Waals surface area contributed by atoms with Crippen molar-refractivity contribution in [3.05, 3.63) is 34.7 Å². The first-order chi connectivity index (χ1) is 7.86. The van der Waals surface area contributed by atoms with Crippen LogP contribution in [0.25, 0.3) is 12.2 Å². The van der Waals surface area contributed by atoms with E-state index in [4.69, 9.17) is 0 Å². The van der Waals surface area contributed by atoms with Crippen LogP contribution in [0.4, 0.5) is 0 Å². The van der Waals surface area contributed by atoms with Crippen LogP contribution >= 0.6 is 0 Å². The summed E-state index contributed by atoms with van der Waals surface area (Å²) in [5.41, 5.74) is 6.13. The third kappa shape index (κ3) is 1.17. The van der Waals surface area contributed by atoms with Gasteiger partial charge in [-0.1, -0.05) is 25.2 Å². The standard InChI is InChI=1S/C15H19N/c1-3-6-13-12(4-2)14-8-5-7-11-9-10-15(13)16(11)14/h3,5-6,8,11H,4,7,9-10H2,1-2H3/b6-3+/t11-/m1/s1. The van der Waals surface area contributed by atoms with Gasteiger partial charge in [0.05, 0.1) is 0 Å². The van der Waals surface area contributed by atoms with Gasteiger partial charge in [-0.05, 0) is 49.8 Å². The maximum atomic E-state index is 2.61. The monoisotopic (exact) mass is 213 g/mol. The minimum absolute atomic E-state index is 0.749. The lowest BCUT2D eigenvalue weighted by Gasteiger charge is -2.18. The minimum Gasteiger partial charge on any atom is -0.341 e. The summed E-state index contributed by atoms with van der Waals surface area (Å²) in [6.45, 7) is 4.39. The van der Waals surface area contributed by atoms with Gasteiger partial charge in [-0.2, -0.15) is 0 Å². The molecule has 0 aromatic carbocycles. The first-order valence-corrected chi connectivity index (χ1v) is 6.42.